The number of amides is 1. The van der Waals surface area contributed by atoms with Crippen molar-refractivity contribution in [2.24, 2.45) is 0 Å². The predicted octanol–water partition coefficient (Wildman–Crippen LogP) is 2.16. The Balaban J connectivity index is 2.15. The van der Waals surface area contributed by atoms with Crippen LogP contribution in [0.15, 0.2) is 54.4 Å². The Morgan fingerprint density at radius 1 is 1.19 bits per heavy atom. The quantitative estimate of drug-likeness (QED) is 0.477. The average Bonchev–Trinajstić information content (AvgIpc) is 2.97. The topological polar surface area (TPSA) is 89.0 Å². The van der Waals surface area contributed by atoms with E-state index in [1.165, 1.54) is 19.1 Å². The van der Waals surface area contributed by atoms with Crippen LogP contribution in [0.25, 0.3) is 5.76 Å². The molecule has 140 valence electrons. The molecule has 1 aromatic heterocycles. The lowest BCUT2D eigenvalue weighted by molar-refractivity contribution is -0.140. The fourth-order valence-electron chi connectivity index (χ4n) is 3.12. The number of aromatic nitrogens is 1. The van der Waals surface area contributed by atoms with Crippen LogP contribution >= 0.6 is 0 Å². The molecule has 1 fully saturated rings. The number of ketones is 1. The summed E-state index contributed by atoms with van der Waals surface area (Å²) in [5, 5.41) is 10.9. The van der Waals surface area contributed by atoms with Crippen LogP contribution in [-0.4, -0.2) is 54.1 Å². The number of aliphatic hydroxyl groups excluding tert-OH is 1. The highest BCUT2D eigenvalue weighted by Gasteiger charge is 2.45. The smallest absolute Gasteiger partial charge is 0.295 e. The second-order valence-corrected chi connectivity index (χ2v) is 6.00. The number of likely N-dealkylation sites (tertiary alicyclic amines) is 1. The molecule has 3 rings (SSSR count). The van der Waals surface area contributed by atoms with Gasteiger partial charge in [-0.25, -0.2) is 0 Å². The van der Waals surface area contributed by atoms with E-state index in [0.29, 0.717) is 16.9 Å². The number of carbonyl (C=O) groups excluding carboxylic acids is 2. The van der Waals surface area contributed by atoms with E-state index in [4.69, 9.17) is 9.47 Å². The van der Waals surface area contributed by atoms with E-state index in [2.05, 4.69) is 4.98 Å². The summed E-state index contributed by atoms with van der Waals surface area (Å²) >= 11 is 0. The Hall–Kier alpha value is -3.19. The Labute approximate surface area is 156 Å². The van der Waals surface area contributed by atoms with E-state index < -0.39 is 17.7 Å². The van der Waals surface area contributed by atoms with Crippen molar-refractivity contribution in [1.29, 1.82) is 0 Å². The number of nitrogens with zero attached hydrogens (tertiary/aromatic N) is 2. The molecule has 0 bridgehead atoms. The van der Waals surface area contributed by atoms with Crippen LogP contribution in [0.3, 0.4) is 0 Å². The van der Waals surface area contributed by atoms with Gasteiger partial charge in [0.15, 0.2) is 0 Å². The zero-order valence-electron chi connectivity index (χ0n) is 15.1. The first-order valence-corrected chi connectivity index (χ1v) is 8.40. The summed E-state index contributed by atoms with van der Waals surface area (Å²) in [6.07, 6.45) is 3.16. The highest BCUT2D eigenvalue weighted by molar-refractivity contribution is 6.46. The summed E-state index contributed by atoms with van der Waals surface area (Å²) in [6, 6.07) is 9.43. The number of benzene rings is 1. The summed E-state index contributed by atoms with van der Waals surface area (Å²) in [6.45, 7) is 0.497. The van der Waals surface area contributed by atoms with E-state index in [9.17, 15) is 14.7 Å². The number of ether oxygens (including phenoxy) is 2. The second kappa shape index (κ2) is 8.01. The van der Waals surface area contributed by atoms with Crippen molar-refractivity contribution in [2.75, 3.05) is 27.4 Å². The normalized spacial score (nSPS) is 18.7. The third kappa shape index (κ3) is 3.54. The minimum atomic E-state index is -0.728. The predicted molar refractivity (Wildman–Crippen MR) is 98.1 cm³/mol. The monoisotopic (exact) mass is 368 g/mol. The molecule has 1 saturated heterocycles. The van der Waals surface area contributed by atoms with Gasteiger partial charge >= 0.3 is 0 Å². The van der Waals surface area contributed by atoms with Crippen LogP contribution < -0.4 is 4.74 Å². The fourth-order valence-corrected chi connectivity index (χ4v) is 3.12. The number of pyridine rings is 1. The minimum Gasteiger partial charge on any atom is -0.507 e. The van der Waals surface area contributed by atoms with Gasteiger partial charge in [-0.05, 0) is 29.8 Å². The molecule has 0 saturated carbocycles. The maximum atomic E-state index is 12.7. The number of aliphatic hydroxyl groups is 1. The van der Waals surface area contributed by atoms with Gasteiger partial charge in [-0.2, -0.15) is 0 Å². The Morgan fingerprint density at radius 3 is 2.59 bits per heavy atom. The van der Waals surface area contributed by atoms with Crippen LogP contribution in [0.4, 0.5) is 0 Å². The molecule has 2 heterocycles. The fraction of sp³-hybridized carbons (Fsp3) is 0.250. The molecule has 0 unspecified atom stereocenters. The number of hydrogen-bond acceptors (Lipinski definition) is 6. The van der Waals surface area contributed by atoms with Gasteiger partial charge in [0.2, 0.25) is 0 Å². The van der Waals surface area contributed by atoms with Gasteiger partial charge in [-0.1, -0.05) is 12.1 Å². The average molecular weight is 368 g/mol. The Kier molecular flexibility index (Phi) is 5.52. The van der Waals surface area contributed by atoms with Gasteiger partial charge in [-0.15, -0.1) is 0 Å². The van der Waals surface area contributed by atoms with Crippen molar-refractivity contribution in [3.8, 4) is 5.75 Å². The number of methoxy groups -OCH3 is 2. The van der Waals surface area contributed by atoms with Crippen LogP contribution in [0.1, 0.15) is 17.2 Å². The summed E-state index contributed by atoms with van der Waals surface area (Å²) in [5.74, 6) is -1.10. The summed E-state index contributed by atoms with van der Waals surface area (Å²) in [7, 11) is 3.04. The van der Waals surface area contributed by atoms with Crippen molar-refractivity contribution in [2.45, 2.75) is 6.04 Å². The molecule has 0 radical (unpaired) electrons. The van der Waals surface area contributed by atoms with Crippen LogP contribution in [0.5, 0.6) is 5.75 Å². The van der Waals surface area contributed by atoms with Crippen molar-refractivity contribution >= 4 is 17.4 Å². The molecule has 1 atom stereocenters. The van der Waals surface area contributed by atoms with Crippen LogP contribution in [0, 0.1) is 0 Å². The first-order chi connectivity index (χ1) is 13.1. The lowest BCUT2D eigenvalue weighted by Crippen LogP contribution is -2.32. The Morgan fingerprint density at radius 2 is 1.93 bits per heavy atom. The molecule has 27 heavy (non-hydrogen) atoms. The first kappa shape index (κ1) is 18.6. The third-order valence-electron chi connectivity index (χ3n) is 4.44. The van der Waals surface area contributed by atoms with Crippen molar-refractivity contribution < 1.29 is 24.2 Å². The van der Waals surface area contributed by atoms with Gasteiger partial charge < -0.3 is 19.5 Å². The lowest BCUT2D eigenvalue weighted by Gasteiger charge is -2.24. The molecule has 1 N–H and O–H groups in total. The van der Waals surface area contributed by atoms with E-state index in [1.54, 1.807) is 48.8 Å². The van der Waals surface area contributed by atoms with Crippen LogP contribution in [0.2, 0.25) is 0 Å². The summed E-state index contributed by atoms with van der Waals surface area (Å²) in [5.41, 5.74) is 1.12. The molecule has 1 aromatic carbocycles. The van der Waals surface area contributed by atoms with Gasteiger partial charge in [0.25, 0.3) is 11.7 Å². The van der Waals surface area contributed by atoms with E-state index in [0.717, 1.165) is 0 Å². The standard InChI is InChI=1S/C20H20N2O5/c1-26-11-10-22-17(13-6-8-21-9-7-13)16(19(24)20(22)25)18(23)14-4-3-5-15(12-14)27-2/h3-9,12,17,23H,10-11H2,1-2H3/t17-/m0/s1. The molecule has 2 aromatic rings. The third-order valence-corrected chi connectivity index (χ3v) is 4.44. The van der Waals surface area contributed by atoms with Crippen molar-refractivity contribution in [3.63, 3.8) is 0 Å². The first-order valence-electron chi connectivity index (χ1n) is 8.40. The van der Waals surface area contributed by atoms with Gasteiger partial charge in [0, 0.05) is 31.6 Å². The zero-order valence-corrected chi connectivity index (χ0v) is 15.1. The largest absolute Gasteiger partial charge is 0.507 e. The Bertz CT molecular complexity index is 879. The molecule has 0 aliphatic carbocycles. The van der Waals surface area contributed by atoms with E-state index >= 15 is 0 Å². The number of Topliss-reactive ketones (excluding diaryl/α,β-unsaturated/α-hetero) is 1. The van der Waals surface area contributed by atoms with Crippen molar-refractivity contribution in [1.82, 2.24) is 9.88 Å². The van der Waals surface area contributed by atoms with E-state index in [1.807, 2.05) is 0 Å². The van der Waals surface area contributed by atoms with Crippen LogP contribution in [-0.2, 0) is 14.3 Å². The minimum absolute atomic E-state index is 0.0376. The molecular formula is C20H20N2O5. The zero-order chi connectivity index (χ0) is 19.4. The van der Waals surface area contributed by atoms with E-state index in [-0.39, 0.29) is 24.5 Å². The highest BCUT2D eigenvalue weighted by Crippen LogP contribution is 2.39. The molecule has 7 nitrogen and oxygen atoms in total. The maximum absolute atomic E-state index is 12.7. The molecule has 1 amide bonds. The molecule has 7 heteroatoms. The molecular weight excluding hydrogens is 348 g/mol. The van der Waals surface area contributed by atoms with Gasteiger partial charge in [0.1, 0.15) is 11.5 Å². The maximum Gasteiger partial charge on any atom is 0.295 e. The summed E-state index contributed by atoms with van der Waals surface area (Å²) < 4.78 is 10.3. The summed E-state index contributed by atoms with van der Waals surface area (Å²) in [4.78, 5) is 30.7. The molecule has 1 aliphatic heterocycles. The number of rotatable bonds is 6. The highest BCUT2D eigenvalue weighted by atomic mass is 16.5. The number of carbonyl (C=O) groups is 2. The second-order valence-electron chi connectivity index (χ2n) is 6.00. The van der Waals surface area contributed by atoms with Gasteiger partial charge in [0.05, 0.1) is 25.3 Å². The molecule has 0 spiro atoms. The van der Waals surface area contributed by atoms with Crippen molar-refractivity contribution in [3.05, 3.63) is 65.5 Å². The lowest BCUT2D eigenvalue weighted by atomic mass is 9.96. The molecule has 1 aliphatic rings. The van der Waals surface area contributed by atoms with Gasteiger partial charge in [-0.3, -0.25) is 14.6 Å². The SMILES string of the molecule is COCCN1C(=O)C(=O)C(=C(O)c2cccc(OC)c2)[C@@H]1c1ccncc1. The number of hydrogen-bond donors (Lipinski definition) is 1.